The second-order valence-corrected chi connectivity index (χ2v) is 5.80. The molecule has 0 spiro atoms. The fourth-order valence-corrected chi connectivity index (χ4v) is 2.48. The van der Waals surface area contributed by atoms with Gasteiger partial charge in [0, 0.05) is 11.1 Å². The Morgan fingerprint density at radius 3 is 1.44 bits per heavy atom. The fraction of sp³-hybridized carbons (Fsp3) is 0.0476. The van der Waals surface area contributed by atoms with Gasteiger partial charge in [-0.05, 0) is 54.1 Å². The van der Waals surface area contributed by atoms with Gasteiger partial charge in [0.15, 0.2) is 0 Å². The molecular weight excluding hydrogens is 350 g/mol. The zero-order chi connectivity index (χ0) is 19.2. The molecule has 0 aliphatic carbocycles. The lowest BCUT2D eigenvalue weighted by atomic mass is 10.1. The Morgan fingerprint density at radius 1 is 0.630 bits per heavy atom. The molecular formula is C21H16F2N2O2. The van der Waals surface area contributed by atoms with Crippen molar-refractivity contribution in [3.05, 3.63) is 107 Å². The van der Waals surface area contributed by atoms with Crippen LogP contribution in [0, 0.1) is 11.6 Å². The summed E-state index contributed by atoms with van der Waals surface area (Å²) in [5.74, 6) is -1.84. The van der Waals surface area contributed by atoms with Crippen molar-refractivity contribution in [2.75, 3.05) is 0 Å². The van der Waals surface area contributed by atoms with Gasteiger partial charge in [0.1, 0.15) is 17.8 Å². The molecule has 3 aromatic rings. The summed E-state index contributed by atoms with van der Waals surface area (Å²) < 4.78 is 26.1. The summed E-state index contributed by atoms with van der Waals surface area (Å²) in [6, 6.07) is 19.0. The quantitative estimate of drug-likeness (QED) is 0.675. The SMILES string of the molecule is O=C(NC(NC(=O)c1ccc(F)cc1)c1ccccc1)c1ccc(F)cc1. The normalized spacial score (nSPS) is 10.5. The summed E-state index contributed by atoms with van der Waals surface area (Å²) in [4.78, 5) is 24.9. The van der Waals surface area contributed by atoms with Crippen molar-refractivity contribution in [3.63, 3.8) is 0 Å². The number of benzene rings is 3. The van der Waals surface area contributed by atoms with Gasteiger partial charge in [0.25, 0.3) is 11.8 Å². The molecule has 27 heavy (non-hydrogen) atoms. The van der Waals surface area contributed by atoms with E-state index in [0.29, 0.717) is 5.56 Å². The first kappa shape index (κ1) is 18.3. The van der Waals surface area contributed by atoms with Crippen molar-refractivity contribution >= 4 is 11.8 Å². The molecule has 0 saturated heterocycles. The lowest BCUT2D eigenvalue weighted by Gasteiger charge is -2.21. The van der Waals surface area contributed by atoms with E-state index in [1.54, 1.807) is 24.3 Å². The molecule has 0 radical (unpaired) electrons. The molecule has 0 aromatic heterocycles. The van der Waals surface area contributed by atoms with Crippen LogP contribution in [0.3, 0.4) is 0 Å². The summed E-state index contributed by atoms with van der Waals surface area (Å²) in [6.45, 7) is 0. The van der Waals surface area contributed by atoms with Crippen LogP contribution in [0.15, 0.2) is 78.9 Å². The Labute approximate surface area is 154 Å². The van der Waals surface area contributed by atoms with Crippen LogP contribution in [-0.4, -0.2) is 11.8 Å². The highest BCUT2D eigenvalue weighted by Crippen LogP contribution is 2.13. The molecule has 0 atom stereocenters. The summed E-state index contributed by atoms with van der Waals surface area (Å²) in [6.07, 6.45) is -0.818. The molecule has 0 heterocycles. The third-order valence-electron chi connectivity index (χ3n) is 3.90. The van der Waals surface area contributed by atoms with Crippen LogP contribution in [0.1, 0.15) is 32.4 Å². The largest absolute Gasteiger partial charge is 0.328 e. The standard InChI is InChI=1S/C21H16F2N2O2/c22-17-10-6-15(7-11-17)20(26)24-19(14-4-2-1-3-5-14)25-21(27)16-8-12-18(23)13-9-16/h1-13,19H,(H,24,26)(H,25,27). The number of halogens is 2. The molecule has 0 aliphatic heterocycles. The zero-order valence-corrected chi connectivity index (χ0v) is 14.2. The second-order valence-electron chi connectivity index (χ2n) is 5.80. The molecule has 0 aliphatic rings. The first-order valence-electron chi connectivity index (χ1n) is 8.21. The molecule has 0 unspecified atom stereocenters. The smallest absolute Gasteiger partial charge is 0.253 e. The molecule has 2 amide bonds. The Kier molecular flexibility index (Phi) is 5.56. The summed E-state index contributed by atoms with van der Waals surface area (Å²) in [5.41, 5.74) is 1.17. The van der Waals surface area contributed by atoms with Gasteiger partial charge in [-0.3, -0.25) is 9.59 Å². The Hall–Kier alpha value is -3.54. The van der Waals surface area contributed by atoms with Crippen LogP contribution in [0.25, 0.3) is 0 Å². The van der Waals surface area contributed by atoms with E-state index in [1.807, 2.05) is 6.07 Å². The van der Waals surface area contributed by atoms with Gasteiger partial charge in [0.2, 0.25) is 0 Å². The van der Waals surface area contributed by atoms with E-state index in [2.05, 4.69) is 10.6 Å². The molecule has 3 rings (SSSR count). The van der Waals surface area contributed by atoms with E-state index in [-0.39, 0.29) is 11.1 Å². The van der Waals surface area contributed by atoms with Crippen LogP contribution >= 0.6 is 0 Å². The Morgan fingerprint density at radius 2 is 1.04 bits per heavy atom. The molecule has 0 saturated carbocycles. The Bertz CT molecular complexity index is 867. The molecule has 4 nitrogen and oxygen atoms in total. The number of amides is 2. The highest BCUT2D eigenvalue weighted by atomic mass is 19.1. The predicted octanol–water partition coefficient (Wildman–Crippen LogP) is 3.82. The average molecular weight is 366 g/mol. The van der Waals surface area contributed by atoms with E-state index in [4.69, 9.17) is 0 Å². The Balaban J connectivity index is 1.81. The maximum absolute atomic E-state index is 13.1. The molecule has 0 bridgehead atoms. The first-order chi connectivity index (χ1) is 13.0. The number of rotatable bonds is 5. The minimum absolute atomic E-state index is 0.258. The van der Waals surface area contributed by atoms with Gasteiger partial charge in [-0.2, -0.15) is 0 Å². The fourth-order valence-electron chi connectivity index (χ4n) is 2.48. The predicted molar refractivity (Wildman–Crippen MR) is 96.9 cm³/mol. The van der Waals surface area contributed by atoms with Gasteiger partial charge in [-0.25, -0.2) is 8.78 Å². The van der Waals surface area contributed by atoms with Crippen LogP contribution in [0.2, 0.25) is 0 Å². The van der Waals surface area contributed by atoms with Gasteiger partial charge in [-0.1, -0.05) is 30.3 Å². The van der Waals surface area contributed by atoms with Crippen molar-refractivity contribution in [1.82, 2.24) is 10.6 Å². The number of carbonyl (C=O) groups excluding carboxylic acids is 2. The minimum Gasteiger partial charge on any atom is -0.328 e. The van der Waals surface area contributed by atoms with E-state index in [0.717, 1.165) is 0 Å². The maximum atomic E-state index is 13.1. The van der Waals surface area contributed by atoms with Crippen LogP contribution in [0.5, 0.6) is 0 Å². The highest BCUT2D eigenvalue weighted by Gasteiger charge is 2.19. The van der Waals surface area contributed by atoms with Gasteiger partial charge >= 0.3 is 0 Å². The van der Waals surface area contributed by atoms with Crippen LogP contribution in [0.4, 0.5) is 8.78 Å². The van der Waals surface area contributed by atoms with Gasteiger partial charge < -0.3 is 10.6 Å². The topological polar surface area (TPSA) is 58.2 Å². The van der Waals surface area contributed by atoms with E-state index in [1.165, 1.54) is 48.5 Å². The van der Waals surface area contributed by atoms with Gasteiger partial charge in [-0.15, -0.1) is 0 Å². The van der Waals surface area contributed by atoms with E-state index < -0.39 is 29.6 Å². The van der Waals surface area contributed by atoms with Crippen molar-refractivity contribution in [2.24, 2.45) is 0 Å². The van der Waals surface area contributed by atoms with Crippen molar-refractivity contribution in [3.8, 4) is 0 Å². The second kappa shape index (κ2) is 8.23. The van der Waals surface area contributed by atoms with Crippen molar-refractivity contribution in [2.45, 2.75) is 6.17 Å². The maximum Gasteiger partial charge on any atom is 0.253 e. The molecule has 0 fully saturated rings. The number of carbonyl (C=O) groups is 2. The first-order valence-corrected chi connectivity index (χ1v) is 8.21. The number of nitrogens with one attached hydrogen (secondary N) is 2. The third kappa shape index (κ3) is 4.76. The lowest BCUT2D eigenvalue weighted by Crippen LogP contribution is -2.41. The number of hydrogen-bond donors (Lipinski definition) is 2. The van der Waals surface area contributed by atoms with E-state index in [9.17, 15) is 18.4 Å². The van der Waals surface area contributed by atoms with E-state index >= 15 is 0 Å². The van der Waals surface area contributed by atoms with Crippen molar-refractivity contribution < 1.29 is 18.4 Å². The van der Waals surface area contributed by atoms with Crippen molar-refractivity contribution in [1.29, 1.82) is 0 Å². The summed E-state index contributed by atoms with van der Waals surface area (Å²) in [5, 5.41) is 5.43. The summed E-state index contributed by atoms with van der Waals surface area (Å²) in [7, 11) is 0. The highest BCUT2D eigenvalue weighted by molar-refractivity contribution is 5.96. The van der Waals surface area contributed by atoms with Crippen LogP contribution < -0.4 is 10.6 Å². The minimum atomic E-state index is -0.818. The molecule has 2 N–H and O–H groups in total. The molecule has 3 aromatic carbocycles. The average Bonchev–Trinajstić information content (AvgIpc) is 2.69. The lowest BCUT2D eigenvalue weighted by molar-refractivity contribution is 0.0883. The van der Waals surface area contributed by atoms with Crippen LogP contribution in [-0.2, 0) is 0 Å². The third-order valence-corrected chi connectivity index (χ3v) is 3.90. The monoisotopic (exact) mass is 366 g/mol. The summed E-state index contributed by atoms with van der Waals surface area (Å²) >= 11 is 0. The zero-order valence-electron chi connectivity index (χ0n) is 14.2. The molecule has 6 heteroatoms. The number of hydrogen-bond acceptors (Lipinski definition) is 2. The molecule has 136 valence electrons. The van der Waals surface area contributed by atoms with Gasteiger partial charge in [0.05, 0.1) is 0 Å².